The molecule has 35 heavy (non-hydrogen) atoms. The van der Waals surface area contributed by atoms with E-state index in [0.29, 0.717) is 17.0 Å². The van der Waals surface area contributed by atoms with Crippen LogP contribution in [0.25, 0.3) is 16.9 Å². The standard InChI is InChI=1S/C25H22ClF3N4O2/c1-24(2,35)14-5-3-13(4-6-14)18-9-10-20-31-22-19(34)12-30-21(23(22)33(20)32-18)16-11-15(26)7-8-17(16)25(27,28)29/h3-11,19,21,30,34-35H,12H2,1-2H3. The molecule has 0 radical (unpaired) electrons. The van der Waals surface area contributed by atoms with E-state index in [4.69, 9.17) is 11.6 Å². The summed E-state index contributed by atoms with van der Waals surface area (Å²) in [4.78, 5) is 4.47. The summed E-state index contributed by atoms with van der Waals surface area (Å²) in [6.45, 7) is 3.40. The van der Waals surface area contributed by atoms with E-state index in [1.807, 2.05) is 12.1 Å². The molecule has 10 heteroatoms. The van der Waals surface area contributed by atoms with E-state index < -0.39 is 29.5 Å². The smallest absolute Gasteiger partial charge is 0.386 e. The summed E-state index contributed by atoms with van der Waals surface area (Å²) in [6.07, 6.45) is -5.61. The topological polar surface area (TPSA) is 82.7 Å². The van der Waals surface area contributed by atoms with Gasteiger partial charge in [-0.3, -0.25) is 0 Å². The van der Waals surface area contributed by atoms with Crippen LogP contribution in [0.15, 0.2) is 54.6 Å². The molecule has 0 saturated heterocycles. The van der Waals surface area contributed by atoms with Crippen molar-refractivity contribution in [3.8, 4) is 11.3 Å². The second kappa shape index (κ2) is 8.30. The summed E-state index contributed by atoms with van der Waals surface area (Å²) in [7, 11) is 0. The van der Waals surface area contributed by atoms with Gasteiger partial charge >= 0.3 is 6.18 Å². The molecule has 4 aromatic rings. The highest BCUT2D eigenvalue weighted by Gasteiger charge is 2.40. The Bertz CT molecular complexity index is 1410. The SMILES string of the molecule is CC(C)(O)c1ccc(-c2ccc3nc4c(n3n2)C(c2cc(Cl)ccc2C(F)(F)F)NCC4O)cc1. The van der Waals surface area contributed by atoms with Gasteiger partial charge in [0.05, 0.1) is 34.3 Å². The number of aliphatic hydroxyl groups excluding tert-OH is 1. The number of rotatable bonds is 3. The Balaban J connectivity index is 1.67. The van der Waals surface area contributed by atoms with Gasteiger partial charge < -0.3 is 15.5 Å². The van der Waals surface area contributed by atoms with Gasteiger partial charge in [0.2, 0.25) is 0 Å². The van der Waals surface area contributed by atoms with Crippen molar-refractivity contribution in [3.63, 3.8) is 0 Å². The van der Waals surface area contributed by atoms with Gasteiger partial charge in [0, 0.05) is 17.1 Å². The molecular formula is C25H22ClF3N4O2. The van der Waals surface area contributed by atoms with E-state index in [2.05, 4.69) is 15.4 Å². The lowest BCUT2D eigenvalue weighted by molar-refractivity contribution is -0.138. The van der Waals surface area contributed by atoms with Crippen LogP contribution in [0.2, 0.25) is 5.02 Å². The maximum atomic E-state index is 13.9. The summed E-state index contributed by atoms with van der Waals surface area (Å²) in [5.74, 6) is 0. The number of fused-ring (bicyclic) bond motifs is 3. The van der Waals surface area contributed by atoms with Gasteiger partial charge in [-0.05, 0) is 55.3 Å². The second-order valence-corrected chi connectivity index (χ2v) is 9.53. The van der Waals surface area contributed by atoms with E-state index in [0.717, 1.165) is 17.2 Å². The molecule has 0 aliphatic carbocycles. The molecular weight excluding hydrogens is 481 g/mol. The lowest BCUT2D eigenvalue weighted by Crippen LogP contribution is -2.35. The van der Waals surface area contributed by atoms with Crippen LogP contribution in [0.5, 0.6) is 0 Å². The van der Waals surface area contributed by atoms with Crippen LogP contribution in [-0.2, 0) is 11.8 Å². The highest BCUT2D eigenvalue weighted by Crippen LogP contribution is 2.41. The molecule has 1 aliphatic heterocycles. The van der Waals surface area contributed by atoms with Gasteiger partial charge in [-0.15, -0.1) is 0 Å². The average molecular weight is 503 g/mol. The molecule has 0 fully saturated rings. The predicted molar refractivity (Wildman–Crippen MR) is 125 cm³/mol. The average Bonchev–Trinajstić information content (AvgIpc) is 3.18. The van der Waals surface area contributed by atoms with Gasteiger partial charge in [0.15, 0.2) is 5.65 Å². The van der Waals surface area contributed by atoms with Crippen LogP contribution >= 0.6 is 11.6 Å². The first-order chi connectivity index (χ1) is 16.4. The van der Waals surface area contributed by atoms with Crippen LogP contribution in [0.3, 0.4) is 0 Å². The molecule has 5 rings (SSSR count). The largest absolute Gasteiger partial charge is 0.416 e. The Morgan fingerprint density at radius 1 is 1.06 bits per heavy atom. The van der Waals surface area contributed by atoms with E-state index in [-0.39, 0.29) is 22.8 Å². The number of nitrogens with zero attached hydrogens (tertiary/aromatic N) is 3. The van der Waals surface area contributed by atoms with Gasteiger partial charge in [0.1, 0.15) is 6.10 Å². The first-order valence-corrected chi connectivity index (χ1v) is 11.3. The van der Waals surface area contributed by atoms with Crippen molar-refractivity contribution in [3.05, 3.63) is 87.7 Å². The summed E-state index contributed by atoms with van der Waals surface area (Å²) in [6, 6.07) is 13.2. The quantitative estimate of drug-likeness (QED) is 0.366. The minimum absolute atomic E-state index is 0.0244. The minimum atomic E-state index is -4.60. The molecule has 2 aromatic heterocycles. The first-order valence-electron chi connectivity index (χ1n) is 10.9. The van der Waals surface area contributed by atoms with E-state index >= 15 is 0 Å². The van der Waals surface area contributed by atoms with Crippen LogP contribution in [-0.4, -0.2) is 31.4 Å². The number of aliphatic hydroxyl groups is 2. The summed E-state index contributed by atoms with van der Waals surface area (Å²) >= 11 is 6.08. The summed E-state index contributed by atoms with van der Waals surface area (Å²) in [5.41, 5.74) is 1.14. The molecule has 0 saturated carbocycles. The lowest BCUT2D eigenvalue weighted by Gasteiger charge is -2.29. The molecule has 0 bridgehead atoms. The maximum Gasteiger partial charge on any atom is 0.416 e. The third-order valence-corrected chi connectivity index (χ3v) is 6.40. The Labute approximate surface area is 204 Å². The van der Waals surface area contributed by atoms with Gasteiger partial charge in [-0.2, -0.15) is 18.3 Å². The number of aromatic nitrogens is 3. The van der Waals surface area contributed by atoms with Gasteiger partial charge in [-0.1, -0.05) is 35.9 Å². The Morgan fingerprint density at radius 2 is 1.77 bits per heavy atom. The van der Waals surface area contributed by atoms with Crippen LogP contribution in [0.1, 0.15) is 54.1 Å². The zero-order valence-corrected chi connectivity index (χ0v) is 19.6. The van der Waals surface area contributed by atoms with Crippen LogP contribution < -0.4 is 5.32 Å². The summed E-state index contributed by atoms with van der Waals surface area (Å²) in [5, 5.41) is 28.6. The fraction of sp³-hybridized carbons (Fsp3) is 0.280. The molecule has 0 amide bonds. The number of hydrogen-bond donors (Lipinski definition) is 3. The highest BCUT2D eigenvalue weighted by molar-refractivity contribution is 6.30. The highest BCUT2D eigenvalue weighted by atomic mass is 35.5. The molecule has 3 heterocycles. The van der Waals surface area contributed by atoms with Crippen LogP contribution in [0, 0.1) is 0 Å². The number of imidazole rings is 1. The number of alkyl halides is 3. The van der Waals surface area contributed by atoms with Crippen molar-refractivity contribution >= 4 is 17.2 Å². The number of nitrogens with one attached hydrogen (secondary N) is 1. The van der Waals surface area contributed by atoms with Crippen molar-refractivity contribution in [1.82, 2.24) is 19.9 Å². The monoisotopic (exact) mass is 502 g/mol. The molecule has 1 aliphatic rings. The van der Waals surface area contributed by atoms with E-state index in [1.165, 1.54) is 16.6 Å². The third kappa shape index (κ3) is 4.29. The fourth-order valence-corrected chi connectivity index (χ4v) is 4.58. The molecule has 6 nitrogen and oxygen atoms in total. The van der Waals surface area contributed by atoms with Crippen molar-refractivity contribution < 1.29 is 23.4 Å². The lowest BCUT2D eigenvalue weighted by atomic mass is 9.92. The number of benzene rings is 2. The molecule has 3 N–H and O–H groups in total. The Morgan fingerprint density at radius 3 is 2.43 bits per heavy atom. The maximum absolute atomic E-state index is 13.9. The fourth-order valence-electron chi connectivity index (χ4n) is 4.40. The van der Waals surface area contributed by atoms with Gasteiger partial charge in [-0.25, -0.2) is 9.50 Å². The minimum Gasteiger partial charge on any atom is -0.386 e. The predicted octanol–water partition coefficient (Wildman–Crippen LogP) is 5.02. The van der Waals surface area contributed by atoms with Crippen molar-refractivity contribution in [2.75, 3.05) is 6.54 Å². The zero-order chi connectivity index (χ0) is 25.1. The zero-order valence-electron chi connectivity index (χ0n) is 18.8. The van der Waals surface area contributed by atoms with Crippen molar-refractivity contribution in [2.24, 2.45) is 0 Å². The normalized spacial score (nSPS) is 18.6. The molecule has 2 aromatic carbocycles. The number of β-amino-alcohol motifs (C(OH)–C–C–N with tert-alkyl or cyclic N) is 1. The molecule has 2 atom stereocenters. The number of hydrogen-bond acceptors (Lipinski definition) is 5. The third-order valence-electron chi connectivity index (χ3n) is 6.16. The molecule has 0 spiro atoms. The van der Waals surface area contributed by atoms with E-state index in [9.17, 15) is 23.4 Å². The van der Waals surface area contributed by atoms with Crippen molar-refractivity contribution in [1.29, 1.82) is 0 Å². The molecule has 2 unspecified atom stereocenters. The molecule has 182 valence electrons. The van der Waals surface area contributed by atoms with Crippen LogP contribution in [0.4, 0.5) is 13.2 Å². The van der Waals surface area contributed by atoms with Crippen molar-refractivity contribution in [2.45, 2.75) is 37.8 Å². The Hall–Kier alpha value is -2.98. The number of halogens is 4. The van der Waals surface area contributed by atoms with Gasteiger partial charge in [0.25, 0.3) is 0 Å². The first kappa shape index (κ1) is 23.7. The Kier molecular flexibility index (Phi) is 5.63. The summed E-state index contributed by atoms with van der Waals surface area (Å²) < 4.78 is 43.0. The van der Waals surface area contributed by atoms with E-state index in [1.54, 1.807) is 38.1 Å². The second-order valence-electron chi connectivity index (χ2n) is 9.09.